The topological polar surface area (TPSA) is 153 Å². The molecule has 12 nitrogen and oxygen atoms in total. The summed E-state index contributed by atoms with van der Waals surface area (Å²) >= 11 is 0. The number of aromatic nitrogens is 4. The van der Waals surface area contributed by atoms with Gasteiger partial charge in [0, 0.05) is 14.2 Å². The highest BCUT2D eigenvalue weighted by atomic mass is 16.7. The van der Waals surface area contributed by atoms with Crippen molar-refractivity contribution < 1.29 is 34.3 Å². The number of hydrogen-bond acceptors (Lipinski definition) is 11. The number of imidazole rings is 1. The number of methoxy groups -OCH3 is 2. The Balaban J connectivity index is 1.59. The third-order valence-electron chi connectivity index (χ3n) is 5.21. The molecule has 12 heteroatoms. The van der Waals surface area contributed by atoms with Gasteiger partial charge >= 0.3 is 0 Å². The second-order valence-corrected chi connectivity index (χ2v) is 6.75. The first kappa shape index (κ1) is 19.9. The van der Waals surface area contributed by atoms with E-state index in [1.54, 1.807) is 13.2 Å². The third kappa shape index (κ3) is 3.23. The van der Waals surface area contributed by atoms with E-state index in [0.29, 0.717) is 17.0 Å². The molecule has 0 saturated carbocycles. The largest absolute Gasteiger partial charge is 0.465 e. The van der Waals surface area contributed by atoms with E-state index in [-0.39, 0.29) is 6.54 Å². The van der Waals surface area contributed by atoms with E-state index >= 15 is 0 Å². The highest BCUT2D eigenvalue weighted by Gasteiger charge is 2.45. The lowest BCUT2D eigenvalue weighted by Crippen LogP contribution is -2.48. The highest BCUT2D eigenvalue weighted by Crippen LogP contribution is 2.33. The van der Waals surface area contributed by atoms with Gasteiger partial charge in [-0.1, -0.05) is 0 Å². The average molecular weight is 409 g/mol. The smallest absolute Gasteiger partial charge is 0.256 e. The molecule has 4 rings (SSSR count). The summed E-state index contributed by atoms with van der Waals surface area (Å²) in [4.78, 5) is 12.8. The standard InChI is InChI=1S/C17H23N5O7/c1-26-10-3-4-28-17(10,27-2)6-18-14-11-15(20-7-19-14)22(8-21-11)16-13(25)12(24)9(5-23)29-16/h3-4,7-10,12-13,16,23-25H,5-6H2,1-2H3,(H,18,19,20)/t9-,10?,12-,13+,16?,17?/m1/s1. The second-order valence-electron chi connectivity index (χ2n) is 6.75. The molecule has 2 aromatic rings. The summed E-state index contributed by atoms with van der Waals surface area (Å²) in [5.74, 6) is -0.639. The van der Waals surface area contributed by atoms with Crippen LogP contribution >= 0.6 is 0 Å². The SMILES string of the molecule is COC1C=COC1(CNc1ncnc2c1ncn2C1O[C@H](CO)[C@@H](O)[C@@H]1O)OC. The molecule has 29 heavy (non-hydrogen) atoms. The Hall–Kier alpha value is -2.35. The molecule has 6 atom stereocenters. The molecule has 0 aromatic carbocycles. The maximum absolute atomic E-state index is 10.3. The summed E-state index contributed by atoms with van der Waals surface area (Å²) in [6.07, 6.45) is 1.33. The van der Waals surface area contributed by atoms with Gasteiger partial charge in [0.05, 0.1) is 25.7 Å². The fourth-order valence-electron chi connectivity index (χ4n) is 3.56. The molecule has 2 aliphatic rings. The van der Waals surface area contributed by atoms with Gasteiger partial charge in [-0.15, -0.1) is 0 Å². The molecule has 3 unspecified atom stereocenters. The van der Waals surface area contributed by atoms with Crippen molar-refractivity contribution in [1.82, 2.24) is 19.5 Å². The molecule has 0 aliphatic carbocycles. The number of aliphatic hydroxyl groups excluding tert-OH is 3. The van der Waals surface area contributed by atoms with E-state index in [1.807, 2.05) is 0 Å². The number of aliphatic hydroxyl groups is 3. The predicted octanol–water partition coefficient (Wildman–Crippen LogP) is -1.25. The van der Waals surface area contributed by atoms with Crippen LogP contribution in [0.4, 0.5) is 5.82 Å². The molecule has 1 fully saturated rings. The van der Waals surface area contributed by atoms with Gasteiger partial charge in [-0.05, 0) is 6.08 Å². The number of hydrogen-bond donors (Lipinski definition) is 4. The van der Waals surface area contributed by atoms with Crippen molar-refractivity contribution in [2.45, 2.75) is 36.4 Å². The fraction of sp³-hybridized carbons (Fsp3) is 0.588. The van der Waals surface area contributed by atoms with Gasteiger partial charge in [-0.2, -0.15) is 0 Å². The zero-order valence-electron chi connectivity index (χ0n) is 15.9. The predicted molar refractivity (Wildman–Crippen MR) is 97.6 cm³/mol. The van der Waals surface area contributed by atoms with Crippen LogP contribution in [0.2, 0.25) is 0 Å². The van der Waals surface area contributed by atoms with Crippen LogP contribution in [0.5, 0.6) is 0 Å². The monoisotopic (exact) mass is 409 g/mol. The van der Waals surface area contributed by atoms with Crippen molar-refractivity contribution in [2.24, 2.45) is 0 Å². The molecule has 0 radical (unpaired) electrons. The number of rotatable bonds is 7. The van der Waals surface area contributed by atoms with Crippen LogP contribution in [0, 0.1) is 0 Å². The molecule has 0 bridgehead atoms. The van der Waals surface area contributed by atoms with Gasteiger partial charge in [0.25, 0.3) is 5.79 Å². The average Bonchev–Trinajstić information content (AvgIpc) is 3.43. The summed E-state index contributed by atoms with van der Waals surface area (Å²) in [7, 11) is 3.08. The molecule has 2 aliphatic heterocycles. The summed E-state index contributed by atoms with van der Waals surface area (Å²) < 4.78 is 23.6. The molecule has 0 amide bonds. The van der Waals surface area contributed by atoms with Gasteiger partial charge < -0.3 is 39.6 Å². The van der Waals surface area contributed by atoms with Gasteiger partial charge in [0.2, 0.25) is 0 Å². The van der Waals surface area contributed by atoms with E-state index in [1.165, 1.54) is 30.6 Å². The first-order valence-electron chi connectivity index (χ1n) is 9.01. The van der Waals surface area contributed by atoms with Crippen molar-refractivity contribution in [3.63, 3.8) is 0 Å². The fourth-order valence-corrected chi connectivity index (χ4v) is 3.56. The van der Waals surface area contributed by atoms with Crippen LogP contribution < -0.4 is 5.32 Å². The quantitative estimate of drug-likeness (QED) is 0.434. The minimum atomic E-state index is -1.24. The Morgan fingerprint density at radius 2 is 2.07 bits per heavy atom. The molecule has 2 aromatic heterocycles. The lowest BCUT2D eigenvalue weighted by atomic mass is 10.1. The lowest BCUT2D eigenvalue weighted by Gasteiger charge is -2.32. The Kier molecular flexibility index (Phi) is 5.38. The van der Waals surface area contributed by atoms with E-state index in [0.717, 1.165) is 0 Å². The first-order chi connectivity index (χ1) is 14.0. The van der Waals surface area contributed by atoms with Gasteiger partial charge in [0.1, 0.15) is 30.7 Å². The number of fused-ring (bicyclic) bond motifs is 1. The summed E-state index contributed by atoms with van der Waals surface area (Å²) in [6.45, 7) is -0.210. The number of ether oxygens (including phenoxy) is 4. The van der Waals surface area contributed by atoms with Gasteiger partial charge in [-0.25, -0.2) is 15.0 Å². The maximum Gasteiger partial charge on any atom is 0.256 e. The highest BCUT2D eigenvalue weighted by molar-refractivity contribution is 5.82. The van der Waals surface area contributed by atoms with E-state index in [9.17, 15) is 15.3 Å². The number of nitrogens with zero attached hydrogens (tertiary/aromatic N) is 4. The minimum absolute atomic E-state index is 0.210. The third-order valence-corrected chi connectivity index (χ3v) is 5.21. The van der Waals surface area contributed by atoms with Crippen LogP contribution in [0.15, 0.2) is 25.0 Å². The van der Waals surface area contributed by atoms with Gasteiger partial charge in [-0.3, -0.25) is 4.57 Å². The molecular weight excluding hydrogens is 386 g/mol. The second kappa shape index (κ2) is 7.82. The summed E-state index contributed by atoms with van der Waals surface area (Å²) in [5, 5.41) is 32.7. The maximum atomic E-state index is 10.3. The van der Waals surface area contributed by atoms with E-state index in [4.69, 9.17) is 18.9 Å². The molecule has 4 heterocycles. The zero-order chi connectivity index (χ0) is 20.6. The number of nitrogens with one attached hydrogen (secondary N) is 1. The van der Waals surface area contributed by atoms with Crippen LogP contribution in [-0.2, 0) is 18.9 Å². The molecular formula is C17H23N5O7. The summed E-state index contributed by atoms with van der Waals surface area (Å²) in [6, 6.07) is 0. The van der Waals surface area contributed by atoms with Crippen molar-refractivity contribution >= 4 is 17.0 Å². The first-order valence-corrected chi connectivity index (χ1v) is 9.01. The van der Waals surface area contributed by atoms with Crippen LogP contribution in [0.25, 0.3) is 11.2 Å². The van der Waals surface area contributed by atoms with Gasteiger partial charge in [0.15, 0.2) is 23.2 Å². The van der Waals surface area contributed by atoms with Crippen molar-refractivity contribution in [1.29, 1.82) is 0 Å². The molecule has 0 spiro atoms. The molecule has 4 N–H and O–H groups in total. The Bertz CT molecular complexity index is 892. The van der Waals surface area contributed by atoms with Crippen LogP contribution in [0.1, 0.15) is 6.23 Å². The van der Waals surface area contributed by atoms with Crippen LogP contribution in [-0.4, -0.2) is 92.4 Å². The number of anilines is 1. The van der Waals surface area contributed by atoms with E-state index in [2.05, 4.69) is 20.3 Å². The zero-order valence-corrected chi connectivity index (χ0v) is 15.9. The lowest BCUT2D eigenvalue weighted by molar-refractivity contribution is -0.215. The Labute approximate surface area is 165 Å². The normalized spacial score (nSPS) is 34.0. The van der Waals surface area contributed by atoms with Crippen LogP contribution in [0.3, 0.4) is 0 Å². The molecule has 1 saturated heterocycles. The van der Waals surface area contributed by atoms with Crippen molar-refractivity contribution in [3.05, 3.63) is 25.0 Å². The van der Waals surface area contributed by atoms with Crippen molar-refractivity contribution in [3.8, 4) is 0 Å². The minimum Gasteiger partial charge on any atom is -0.465 e. The van der Waals surface area contributed by atoms with Crippen molar-refractivity contribution in [2.75, 3.05) is 32.7 Å². The van der Waals surface area contributed by atoms with E-state index < -0.39 is 43.0 Å². The summed E-state index contributed by atoms with van der Waals surface area (Å²) in [5.41, 5.74) is 0.814. The Morgan fingerprint density at radius 1 is 1.24 bits per heavy atom. The molecule has 158 valence electrons. The Morgan fingerprint density at radius 3 is 2.76 bits per heavy atom.